The van der Waals surface area contributed by atoms with E-state index in [1.54, 1.807) is 0 Å². The zero-order valence-electron chi connectivity index (χ0n) is 12.0. The Hall–Kier alpha value is -1.47. The number of aliphatic hydroxyl groups is 1. The summed E-state index contributed by atoms with van der Waals surface area (Å²) in [7, 11) is 0. The van der Waals surface area contributed by atoms with Gasteiger partial charge in [0.05, 0.1) is 17.6 Å². The van der Waals surface area contributed by atoms with Gasteiger partial charge in [-0.15, -0.1) is 0 Å². The summed E-state index contributed by atoms with van der Waals surface area (Å²) in [4.78, 5) is 10.1. The molecule has 0 amide bonds. The van der Waals surface area contributed by atoms with Crippen LogP contribution in [0.1, 0.15) is 25.7 Å². The van der Waals surface area contributed by atoms with Crippen LogP contribution in [0.15, 0.2) is 12.4 Å². The van der Waals surface area contributed by atoms with Crippen LogP contribution in [0.5, 0.6) is 0 Å². The fourth-order valence-electron chi connectivity index (χ4n) is 3.01. The van der Waals surface area contributed by atoms with Crippen molar-refractivity contribution in [2.24, 2.45) is 17.8 Å². The Morgan fingerprint density at radius 2 is 2.05 bits per heavy atom. The van der Waals surface area contributed by atoms with Gasteiger partial charge in [0.1, 0.15) is 12.4 Å². The fraction of sp³-hybridized carbons (Fsp3) is 0.786. The largest absolute Gasteiger partial charge is 0.390 e. The number of nitro groups is 1. The number of hydrogen-bond acceptors (Lipinski definition) is 5. The molecular weight excluding hydrogens is 272 g/mol. The average Bonchev–Trinajstić information content (AvgIpc) is 3.35. The summed E-state index contributed by atoms with van der Waals surface area (Å²) >= 11 is 0. The van der Waals surface area contributed by atoms with Crippen LogP contribution >= 0.6 is 0 Å². The van der Waals surface area contributed by atoms with Crippen LogP contribution in [0.3, 0.4) is 0 Å². The molecule has 116 valence electrons. The Morgan fingerprint density at radius 1 is 1.38 bits per heavy atom. The van der Waals surface area contributed by atoms with Gasteiger partial charge < -0.3 is 10.4 Å². The average molecular weight is 294 g/mol. The van der Waals surface area contributed by atoms with Gasteiger partial charge in [0.25, 0.3) is 0 Å². The summed E-state index contributed by atoms with van der Waals surface area (Å²) in [6.45, 7) is 1.76. The minimum absolute atomic E-state index is 0.0438. The maximum absolute atomic E-state index is 10.6. The number of aliphatic hydroxyl groups excluding tert-OH is 1. The highest BCUT2D eigenvalue weighted by atomic mass is 16.6. The third kappa shape index (κ3) is 4.01. The van der Waals surface area contributed by atoms with E-state index < -0.39 is 11.0 Å². The molecule has 1 aromatic heterocycles. The van der Waals surface area contributed by atoms with E-state index in [-0.39, 0.29) is 12.2 Å². The van der Waals surface area contributed by atoms with Crippen molar-refractivity contribution < 1.29 is 10.0 Å². The van der Waals surface area contributed by atoms with Crippen LogP contribution in [0.2, 0.25) is 0 Å². The van der Waals surface area contributed by atoms with Crippen LogP contribution in [-0.4, -0.2) is 39.0 Å². The zero-order valence-corrected chi connectivity index (χ0v) is 12.0. The Bertz CT molecular complexity index is 484. The molecule has 2 aliphatic rings. The standard InChI is InChI=1S/C14H22N4O3/c19-13(9-17-8-12(5-16-17)18(20)21)6-15-7-14(10-1-2-10)11-3-4-11/h5,8,10-11,13-15,19H,1-4,6-7,9H2. The molecule has 1 aromatic rings. The summed E-state index contributed by atoms with van der Waals surface area (Å²) in [6, 6.07) is 0. The monoisotopic (exact) mass is 294 g/mol. The maximum atomic E-state index is 10.6. The molecule has 1 atom stereocenters. The normalized spacial score (nSPS) is 19.9. The predicted octanol–water partition coefficient (Wildman–Crippen LogP) is 1.18. The second-order valence-electron chi connectivity index (χ2n) is 6.33. The molecule has 2 N–H and O–H groups in total. The molecule has 2 fully saturated rings. The van der Waals surface area contributed by atoms with E-state index in [4.69, 9.17) is 0 Å². The van der Waals surface area contributed by atoms with E-state index >= 15 is 0 Å². The molecule has 0 aromatic carbocycles. The van der Waals surface area contributed by atoms with Gasteiger partial charge in [-0.2, -0.15) is 5.10 Å². The van der Waals surface area contributed by atoms with Gasteiger partial charge in [0.2, 0.25) is 0 Å². The third-order valence-electron chi connectivity index (χ3n) is 4.44. The van der Waals surface area contributed by atoms with Crippen LogP contribution < -0.4 is 5.32 Å². The van der Waals surface area contributed by atoms with Gasteiger partial charge in [-0.3, -0.25) is 14.8 Å². The van der Waals surface area contributed by atoms with Crippen molar-refractivity contribution in [3.05, 3.63) is 22.5 Å². The van der Waals surface area contributed by atoms with Crippen molar-refractivity contribution >= 4 is 5.69 Å². The Balaban J connectivity index is 1.39. The van der Waals surface area contributed by atoms with Crippen LogP contribution in [-0.2, 0) is 6.54 Å². The number of nitrogens with one attached hydrogen (secondary N) is 1. The van der Waals surface area contributed by atoms with Crippen molar-refractivity contribution in [2.45, 2.75) is 38.3 Å². The third-order valence-corrected chi connectivity index (χ3v) is 4.44. The zero-order chi connectivity index (χ0) is 14.8. The quantitative estimate of drug-likeness (QED) is 0.527. The van der Waals surface area contributed by atoms with E-state index in [0.29, 0.717) is 6.54 Å². The molecule has 7 heteroatoms. The molecule has 21 heavy (non-hydrogen) atoms. The van der Waals surface area contributed by atoms with Crippen molar-refractivity contribution in [1.82, 2.24) is 15.1 Å². The van der Waals surface area contributed by atoms with Crippen molar-refractivity contribution in [3.63, 3.8) is 0 Å². The summed E-state index contributed by atoms with van der Waals surface area (Å²) in [5.41, 5.74) is -0.0438. The van der Waals surface area contributed by atoms with Crippen LogP contribution in [0.4, 0.5) is 5.69 Å². The Kier molecular flexibility index (Phi) is 4.21. The molecule has 2 saturated carbocycles. The SMILES string of the molecule is O=[N+]([O-])c1cnn(CC(O)CNCC(C2CC2)C2CC2)c1. The summed E-state index contributed by atoms with van der Waals surface area (Å²) in [5, 5.41) is 27.8. The molecular formula is C14H22N4O3. The maximum Gasteiger partial charge on any atom is 0.306 e. The first-order chi connectivity index (χ1) is 10.1. The summed E-state index contributed by atoms with van der Waals surface area (Å²) in [6.07, 6.45) is 7.43. The van der Waals surface area contributed by atoms with E-state index in [9.17, 15) is 15.2 Å². The first-order valence-electron chi connectivity index (χ1n) is 7.69. The van der Waals surface area contributed by atoms with E-state index in [2.05, 4.69) is 10.4 Å². The highest BCUT2D eigenvalue weighted by Crippen LogP contribution is 2.48. The first-order valence-corrected chi connectivity index (χ1v) is 7.69. The lowest BCUT2D eigenvalue weighted by atomic mass is 9.98. The lowest BCUT2D eigenvalue weighted by Gasteiger charge is -2.18. The molecule has 0 aliphatic heterocycles. The minimum Gasteiger partial charge on any atom is -0.390 e. The topological polar surface area (TPSA) is 93.2 Å². The number of aromatic nitrogens is 2. The molecule has 0 saturated heterocycles. The van der Waals surface area contributed by atoms with Crippen molar-refractivity contribution in [3.8, 4) is 0 Å². The predicted molar refractivity (Wildman–Crippen MR) is 76.7 cm³/mol. The van der Waals surface area contributed by atoms with Crippen LogP contribution in [0, 0.1) is 27.9 Å². The smallest absolute Gasteiger partial charge is 0.306 e. The lowest BCUT2D eigenvalue weighted by Crippen LogP contribution is -2.34. The second-order valence-corrected chi connectivity index (χ2v) is 6.33. The van der Waals surface area contributed by atoms with Crippen LogP contribution in [0.25, 0.3) is 0 Å². The Labute approximate surface area is 123 Å². The van der Waals surface area contributed by atoms with E-state index in [1.165, 1.54) is 42.8 Å². The molecule has 3 rings (SSSR count). The van der Waals surface area contributed by atoms with Gasteiger partial charge in [-0.1, -0.05) is 0 Å². The molecule has 1 unspecified atom stereocenters. The molecule has 0 bridgehead atoms. The van der Waals surface area contributed by atoms with E-state index in [1.807, 2.05) is 0 Å². The number of hydrogen-bond donors (Lipinski definition) is 2. The highest BCUT2D eigenvalue weighted by Gasteiger charge is 2.40. The second kappa shape index (κ2) is 6.11. The van der Waals surface area contributed by atoms with Crippen molar-refractivity contribution in [1.29, 1.82) is 0 Å². The van der Waals surface area contributed by atoms with Gasteiger partial charge in [0, 0.05) is 6.54 Å². The lowest BCUT2D eigenvalue weighted by molar-refractivity contribution is -0.385. The summed E-state index contributed by atoms with van der Waals surface area (Å²) in [5.74, 6) is 2.58. The molecule has 1 heterocycles. The van der Waals surface area contributed by atoms with Gasteiger partial charge >= 0.3 is 5.69 Å². The highest BCUT2D eigenvalue weighted by molar-refractivity contribution is 5.20. The summed E-state index contributed by atoms with van der Waals surface area (Å²) < 4.78 is 1.42. The molecule has 7 nitrogen and oxygen atoms in total. The van der Waals surface area contributed by atoms with Gasteiger partial charge in [-0.25, -0.2) is 0 Å². The number of nitrogens with zero attached hydrogens (tertiary/aromatic N) is 3. The molecule has 0 spiro atoms. The Morgan fingerprint density at radius 3 is 2.57 bits per heavy atom. The first kappa shape index (κ1) is 14.5. The number of rotatable bonds is 9. The fourth-order valence-corrected chi connectivity index (χ4v) is 3.01. The van der Waals surface area contributed by atoms with Crippen molar-refractivity contribution in [2.75, 3.05) is 13.1 Å². The molecule has 2 aliphatic carbocycles. The van der Waals surface area contributed by atoms with Gasteiger partial charge in [-0.05, 0) is 50.0 Å². The minimum atomic E-state index is -0.580. The van der Waals surface area contributed by atoms with Gasteiger partial charge in [0.15, 0.2) is 0 Å². The molecule has 0 radical (unpaired) electrons. The van der Waals surface area contributed by atoms with E-state index in [0.717, 1.165) is 24.3 Å².